The van der Waals surface area contributed by atoms with Gasteiger partial charge in [-0.2, -0.15) is 0 Å². The van der Waals surface area contributed by atoms with Crippen LogP contribution in [-0.2, 0) is 22.0 Å². The summed E-state index contributed by atoms with van der Waals surface area (Å²) in [4.78, 5) is 29.7. The lowest BCUT2D eigenvalue weighted by Crippen LogP contribution is -2.56. The van der Waals surface area contributed by atoms with Crippen molar-refractivity contribution in [3.8, 4) is 0 Å². The molecular weight excluding hydrogens is 686 g/mol. The Bertz CT molecular complexity index is 1700. The number of pyridine rings is 1. The van der Waals surface area contributed by atoms with Gasteiger partial charge in [-0.15, -0.1) is 0 Å². The first-order valence-electron chi connectivity index (χ1n) is 18.2. The molecule has 1 heterocycles. The molecule has 3 aromatic carbocycles. The molecule has 2 amide bonds. The van der Waals surface area contributed by atoms with Crippen molar-refractivity contribution in [1.29, 1.82) is 0 Å². The average Bonchev–Trinajstić information content (AvgIpc) is 3.09. The second kappa shape index (κ2) is 18.2. The molecule has 0 radical (unpaired) electrons. The lowest BCUT2D eigenvalue weighted by atomic mass is 9.71. The number of esters is 1. The van der Waals surface area contributed by atoms with E-state index in [-0.39, 0.29) is 40.8 Å². The zero-order chi connectivity index (χ0) is 38.1. The molecule has 0 aliphatic carbocycles. The third kappa shape index (κ3) is 11.8. The van der Waals surface area contributed by atoms with Gasteiger partial charge < -0.3 is 14.5 Å². The number of carbonyl (C=O) groups excluding carboxylic acids is 2. The minimum absolute atomic E-state index is 0.0923. The molecule has 7 nitrogen and oxygen atoms in total. The van der Waals surface area contributed by atoms with E-state index in [0.29, 0.717) is 11.4 Å². The molecule has 1 aromatic heterocycles. The monoisotopic (exact) mass is 741 g/mol. The zero-order valence-electron chi connectivity index (χ0n) is 32.2. The highest BCUT2D eigenvalue weighted by Gasteiger charge is 2.42. The lowest BCUT2D eigenvalue weighted by Gasteiger charge is -2.45. The number of anilines is 1. The molecule has 4 atom stereocenters. The number of carbonyl (C=O) groups is 2. The molecule has 0 bridgehead atoms. The van der Waals surface area contributed by atoms with Crippen molar-refractivity contribution < 1.29 is 18.8 Å². The fourth-order valence-corrected chi connectivity index (χ4v) is 9.80. The van der Waals surface area contributed by atoms with Crippen LogP contribution in [0.25, 0.3) is 0 Å². The van der Waals surface area contributed by atoms with Crippen LogP contribution in [0.2, 0.25) is 5.02 Å². The van der Waals surface area contributed by atoms with Gasteiger partial charge in [0.15, 0.2) is 0 Å². The van der Waals surface area contributed by atoms with Crippen LogP contribution in [0.5, 0.6) is 0 Å². The first-order valence-corrected chi connectivity index (χ1v) is 20.2. The van der Waals surface area contributed by atoms with Gasteiger partial charge >= 0.3 is 12.0 Å². The Kier molecular flexibility index (Phi) is 14.3. The van der Waals surface area contributed by atoms with E-state index < -0.39 is 15.0 Å². The van der Waals surface area contributed by atoms with Crippen molar-refractivity contribution in [2.75, 3.05) is 12.4 Å². The van der Waals surface area contributed by atoms with Crippen LogP contribution in [0.4, 0.5) is 10.6 Å². The number of rotatable bonds is 14. The van der Waals surface area contributed by atoms with Crippen LogP contribution >= 0.6 is 11.6 Å². The van der Waals surface area contributed by atoms with E-state index in [0.717, 1.165) is 29.8 Å². The number of urea groups is 1. The predicted octanol–water partition coefficient (Wildman–Crippen LogP) is 8.47. The maximum absolute atomic E-state index is 13.5. The number of amides is 2. The number of methoxy groups -OCH3 is 1. The number of ether oxygens (including phenoxy) is 1. The predicted molar refractivity (Wildman–Crippen MR) is 216 cm³/mol. The molecule has 0 aliphatic heterocycles. The van der Waals surface area contributed by atoms with E-state index in [1.54, 1.807) is 12.1 Å². The highest BCUT2D eigenvalue weighted by molar-refractivity contribution is 6.80. The average molecular weight is 742 g/mol. The second-order valence-corrected chi connectivity index (χ2v) is 19.0. The van der Waals surface area contributed by atoms with Gasteiger partial charge in [-0.3, -0.25) is 5.32 Å². The summed E-state index contributed by atoms with van der Waals surface area (Å²) in [6.07, 6.45) is 3.90. The summed E-state index contributed by atoms with van der Waals surface area (Å²) in [5, 5.41) is 9.27. The summed E-state index contributed by atoms with van der Waals surface area (Å²) in [6, 6.07) is 30.0. The first kappa shape index (κ1) is 40.8. The standard InChI is InChI=1S/C43H56ClN3O4Si/c1-29(26-31-20-21-32(36(44)27-31)24-25-42(3,4)5)38(30(2)46-41(49)47-37-23-22-33(28-45-37)40(48)50-9)39(43(6,7)8)51-52(34-16-12-10-13-17-34)35-18-14-11-15-19-35/h10-23,27-30,38-39,52H,24-26H2,1-9H3,(H2,45,46,47,49). The van der Waals surface area contributed by atoms with Gasteiger partial charge in [0.2, 0.25) is 9.04 Å². The molecule has 4 rings (SSSR count). The number of nitrogens with zero attached hydrogens (tertiary/aromatic N) is 1. The van der Waals surface area contributed by atoms with Crippen LogP contribution in [-0.4, -0.2) is 45.3 Å². The van der Waals surface area contributed by atoms with Gasteiger partial charge in [-0.05, 0) is 82.6 Å². The van der Waals surface area contributed by atoms with E-state index in [2.05, 4.69) is 138 Å². The molecule has 4 aromatic rings. The van der Waals surface area contributed by atoms with Crippen LogP contribution in [0.15, 0.2) is 97.2 Å². The fourth-order valence-electron chi connectivity index (χ4n) is 6.78. The Morgan fingerprint density at radius 3 is 1.98 bits per heavy atom. The zero-order valence-corrected chi connectivity index (χ0v) is 34.1. The molecule has 278 valence electrons. The number of aromatic nitrogens is 1. The molecule has 2 N–H and O–H groups in total. The highest BCUT2D eigenvalue weighted by Crippen LogP contribution is 2.37. The highest BCUT2D eigenvalue weighted by atomic mass is 35.5. The van der Waals surface area contributed by atoms with Gasteiger partial charge in [0.1, 0.15) is 5.82 Å². The minimum Gasteiger partial charge on any atom is -0.465 e. The van der Waals surface area contributed by atoms with E-state index >= 15 is 0 Å². The molecule has 9 heteroatoms. The molecule has 0 saturated heterocycles. The van der Waals surface area contributed by atoms with E-state index in [1.165, 1.54) is 29.2 Å². The molecule has 0 spiro atoms. The molecule has 4 unspecified atom stereocenters. The molecular formula is C43H56ClN3O4Si. The Morgan fingerprint density at radius 2 is 1.48 bits per heavy atom. The van der Waals surface area contributed by atoms with Crippen LogP contribution in [0.3, 0.4) is 0 Å². The van der Waals surface area contributed by atoms with Crippen LogP contribution in [0.1, 0.15) is 83.3 Å². The van der Waals surface area contributed by atoms with Crippen molar-refractivity contribution >= 4 is 48.8 Å². The topological polar surface area (TPSA) is 89.5 Å². The second-order valence-electron chi connectivity index (χ2n) is 16.2. The van der Waals surface area contributed by atoms with Crippen molar-refractivity contribution in [3.63, 3.8) is 0 Å². The Labute approximate surface area is 317 Å². The summed E-state index contributed by atoms with van der Waals surface area (Å²) < 4.78 is 12.2. The Morgan fingerprint density at radius 1 is 0.865 bits per heavy atom. The van der Waals surface area contributed by atoms with Crippen molar-refractivity contribution in [2.24, 2.45) is 22.7 Å². The number of nitrogens with one attached hydrogen (secondary N) is 2. The minimum atomic E-state index is -2.17. The van der Waals surface area contributed by atoms with Crippen molar-refractivity contribution in [1.82, 2.24) is 10.3 Å². The Balaban J connectivity index is 1.67. The van der Waals surface area contributed by atoms with Gasteiger partial charge in [-0.25, -0.2) is 14.6 Å². The lowest BCUT2D eigenvalue weighted by molar-refractivity contribution is 0.0000671. The van der Waals surface area contributed by atoms with Crippen LogP contribution in [0, 0.1) is 22.7 Å². The van der Waals surface area contributed by atoms with Crippen molar-refractivity contribution in [3.05, 3.63) is 119 Å². The SMILES string of the molecule is COC(=O)c1ccc(NC(=O)NC(C)C(C(C)Cc2ccc(CCC(C)(C)C)c(Cl)c2)C(O[SiH](c2ccccc2)c2ccccc2)C(C)(C)C)nc1. The van der Waals surface area contributed by atoms with E-state index in [1.807, 2.05) is 12.1 Å². The summed E-state index contributed by atoms with van der Waals surface area (Å²) in [7, 11) is -0.857. The summed E-state index contributed by atoms with van der Waals surface area (Å²) >= 11 is 6.89. The number of halogens is 1. The van der Waals surface area contributed by atoms with Crippen molar-refractivity contribution in [2.45, 2.75) is 86.8 Å². The van der Waals surface area contributed by atoms with Crippen LogP contribution < -0.4 is 21.0 Å². The van der Waals surface area contributed by atoms with E-state index in [9.17, 15) is 9.59 Å². The molecule has 52 heavy (non-hydrogen) atoms. The maximum Gasteiger partial charge on any atom is 0.339 e. The number of benzene rings is 3. The summed E-state index contributed by atoms with van der Waals surface area (Å²) in [5.41, 5.74) is 2.57. The smallest absolute Gasteiger partial charge is 0.339 e. The third-order valence-electron chi connectivity index (χ3n) is 9.53. The fraction of sp³-hybridized carbons (Fsp3) is 0.419. The summed E-state index contributed by atoms with van der Waals surface area (Å²) in [5.74, 6) is -0.167. The van der Waals surface area contributed by atoms with E-state index in [4.69, 9.17) is 20.8 Å². The number of hydrogen-bond donors (Lipinski definition) is 2. The first-order chi connectivity index (χ1) is 24.6. The normalized spacial score (nSPS) is 14.3. The third-order valence-corrected chi connectivity index (χ3v) is 12.4. The molecule has 0 fully saturated rings. The van der Waals surface area contributed by atoms with Gasteiger partial charge in [0, 0.05) is 23.2 Å². The van der Waals surface area contributed by atoms with Gasteiger partial charge in [0.05, 0.1) is 18.8 Å². The molecule has 0 aliphatic rings. The quantitative estimate of drug-likeness (QED) is 0.100. The molecule has 0 saturated carbocycles. The maximum atomic E-state index is 13.5. The Hall–Kier alpha value is -3.98. The van der Waals surface area contributed by atoms with Gasteiger partial charge in [0.25, 0.3) is 0 Å². The number of hydrogen-bond acceptors (Lipinski definition) is 5. The summed E-state index contributed by atoms with van der Waals surface area (Å²) in [6.45, 7) is 17.7. The van der Waals surface area contributed by atoms with Gasteiger partial charge in [-0.1, -0.05) is 133 Å². The number of aryl methyl sites for hydroxylation is 1. The largest absolute Gasteiger partial charge is 0.465 e.